The lowest BCUT2D eigenvalue weighted by Gasteiger charge is -2.19. The topological polar surface area (TPSA) is 59.5 Å². The van der Waals surface area contributed by atoms with Gasteiger partial charge in [-0.05, 0) is 31.5 Å². The summed E-state index contributed by atoms with van der Waals surface area (Å²) in [5.41, 5.74) is 1.12. The Bertz CT molecular complexity index is 644. The maximum atomic E-state index is 5.39. The van der Waals surface area contributed by atoms with E-state index in [9.17, 15) is 0 Å². The summed E-state index contributed by atoms with van der Waals surface area (Å²) in [5, 5.41) is 3.32. The molecule has 0 fully saturated rings. The van der Waals surface area contributed by atoms with Gasteiger partial charge in [-0.2, -0.15) is 0 Å². The van der Waals surface area contributed by atoms with Crippen LogP contribution in [-0.4, -0.2) is 29.9 Å². The zero-order chi connectivity index (χ0) is 15.4. The standard InChI is InChI=1S/C16H20N4O2/c1-3-20(4-2)16-8-15(18-10-19-16)17-9-12-5-6-13-14(7-12)22-11-21-13/h5-8,10H,3-4,9,11H2,1-2H3,(H,17,18,19). The minimum absolute atomic E-state index is 0.297. The summed E-state index contributed by atoms with van der Waals surface area (Å²) in [6.45, 7) is 7.05. The van der Waals surface area contributed by atoms with Crippen LogP contribution < -0.4 is 19.7 Å². The fourth-order valence-electron chi connectivity index (χ4n) is 2.41. The first kappa shape index (κ1) is 14.4. The van der Waals surface area contributed by atoms with Gasteiger partial charge >= 0.3 is 0 Å². The number of hydrogen-bond acceptors (Lipinski definition) is 6. The maximum absolute atomic E-state index is 5.39. The summed E-state index contributed by atoms with van der Waals surface area (Å²) >= 11 is 0. The van der Waals surface area contributed by atoms with Crippen molar-refractivity contribution in [2.75, 3.05) is 30.1 Å². The molecule has 2 aromatic rings. The first-order valence-electron chi connectivity index (χ1n) is 7.49. The van der Waals surface area contributed by atoms with E-state index in [0.29, 0.717) is 13.3 Å². The number of nitrogens with zero attached hydrogens (tertiary/aromatic N) is 3. The highest BCUT2D eigenvalue weighted by Crippen LogP contribution is 2.32. The number of nitrogens with one attached hydrogen (secondary N) is 1. The van der Waals surface area contributed by atoms with Crippen molar-refractivity contribution >= 4 is 11.6 Å². The molecule has 0 amide bonds. The summed E-state index contributed by atoms with van der Waals surface area (Å²) in [6, 6.07) is 7.91. The molecule has 0 unspecified atom stereocenters. The molecule has 6 heteroatoms. The minimum atomic E-state index is 0.297. The molecule has 0 saturated carbocycles. The Morgan fingerprint density at radius 1 is 1.09 bits per heavy atom. The van der Waals surface area contributed by atoms with Gasteiger partial charge in [-0.1, -0.05) is 6.07 Å². The van der Waals surface area contributed by atoms with Crippen molar-refractivity contribution in [2.24, 2.45) is 0 Å². The van der Waals surface area contributed by atoms with Gasteiger partial charge in [-0.3, -0.25) is 0 Å². The van der Waals surface area contributed by atoms with Gasteiger partial charge < -0.3 is 19.7 Å². The molecule has 1 N–H and O–H groups in total. The highest BCUT2D eigenvalue weighted by atomic mass is 16.7. The predicted octanol–water partition coefficient (Wildman–Crippen LogP) is 2.66. The van der Waals surface area contributed by atoms with Crippen LogP contribution in [0.25, 0.3) is 0 Å². The lowest BCUT2D eigenvalue weighted by Crippen LogP contribution is -2.23. The number of rotatable bonds is 6. The lowest BCUT2D eigenvalue weighted by atomic mass is 10.2. The molecule has 0 radical (unpaired) electrons. The van der Waals surface area contributed by atoms with Gasteiger partial charge in [0.25, 0.3) is 0 Å². The van der Waals surface area contributed by atoms with E-state index in [1.165, 1.54) is 0 Å². The Kier molecular flexibility index (Phi) is 4.27. The average molecular weight is 300 g/mol. The van der Waals surface area contributed by atoms with Crippen LogP contribution in [0.15, 0.2) is 30.6 Å². The van der Waals surface area contributed by atoms with E-state index >= 15 is 0 Å². The van der Waals surface area contributed by atoms with E-state index < -0.39 is 0 Å². The summed E-state index contributed by atoms with van der Waals surface area (Å²) in [7, 11) is 0. The third kappa shape index (κ3) is 3.05. The third-order valence-corrected chi connectivity index (χ3v) is 3.65. The molecule has 2 heterocycles. The molecule has 1 aliphatic rings. The molecule has 1 aromatic carbocycles. The van der Waals surface area contributed by atoms with Crippen LogP contribution in [-0.2, 0) is 6.54 Å². The summed E-state index contributed by atoms with van der Waals surface area (Å²) in [4.78, 5) is 10.8. The van der Waals surface area contributed by atoms with Crippen LogP contribution in [0, 0.1) is 0 Å². The monoisotopic (exact) mass is 300 g/mol. The van der Waals surface area contributed by atoms with Crippen LogP contribution in [0.1, 0.15) is 19.4 Å². The molecule has 116 valence electrons. The van der Waals surface area contributed by atoms with E-state index in [2.05, 4.69) is 34.0 Å². The number of benzene rings is 1. The second-order valence-corrected chi connectivity index (χ2v) is 4.97. The maximum Gasteiger partial charge on any atom is 0.231 e. The third-order valence-electron chi connectivity index (χ3n) is 3.65. The van der Waals surface area contributed by atoms with E-state index in [1.807, 2.05) is 24.3 Å². The largest absolute Gasteiger partial charge is 0.454 e. The highest BCUT2D eigenvalue weighted by Gasteiger charge is 2.13. The fourth-order valence-corrected chi connectivity index (χ4v) is 2.41. The van der Waals surface area contributed by atoms with Gasteiger partial charge in [0.2, 0.25) is 6.79 Å². The normalized spacial score (nSPS) is 12.3. The second kappa shape index (κ2) is 6.51. The fraction of sp³-hybridized carbons (Fsp3) is 0.375. The molecule has 3 rings (SSSR count). The van der Waals surface area contributed by atoms with Crippen LogP contribution in [0.4, 0.5) is 11.6 Å². The number of hydrogen-bond donors (Lipinski definition) is 1. The molecule has 1 aliphatic heterocycles. The molecule has 0 saturated heterocycles. The molecule has 6 nitrogen and oxygen atoms in total. The Morgan fingerprint density at radius 3 is 2.73 bits per heavy atom. The molecule has 0 bridgehead atoms. The first-order chi connectivity index (χ1) is 10.8. The van der Waals surface area contributed by atoms with Crippen molar-refractivity contribution in [3.8, 4) is 11.5 Å². The summed E-state index contributed by atoms with van der Waals surface area (Å²) in [6.07, 6.45) is 1.59. The Hall–Kier alpha value is -2.50. The van der Waals surface area contributed by atoms with Gasteiger partial charge in [0.05, 0.1) is 0 Å². The zero-order valence-electron chi connectivity index (χ0n) is 12.9. The Balaban J connectivity index is 1.67. The van der Waals surface area contributed by atoms with Crippen LogP contribution >= 0.6 is 0 Å². The van der Waals surface area contributed by atoms with E-state index in [-0.39, 0.29) is 0 Å². The molecule has 1 aromatic heterocycles. The van der Waals surface area contributed by atoms with Crippen molar-refractivity contribution in [1.82, 2.24) is 9.97 Å². The smallest absolute Gasteiger partial charge is 0.231 e. The van der Waals surface area contributed by atoms with E-state index in [4.69, 9.17) is 9.47 Å². The minimum Gasteiger partial charge on any atom is -0.454 e. The Labute approximate surface area is 130 Å². The van der Waals surface area contributed by atoms with Gasteiger partial charge in [-0.25, -0.2) is 9.97 Å². The van der Waals surface area contributed by atoms with E-state index in [1.54, 1.807) is 6.33 Å². The molecule has 22 heavy (non-hydrogen) atoms. The van der Waals surface area contributed by atoms with Gasteiger partial charge in [0.1, 0.15) is 18.0 Å². The molecular weight excluding hydrogens is 280 g/mol. The van der Waals surface area contributed by atoms with Crippen LogP contribution in [0.2, 0.25) is 0 Å². The lowest BCUT2D eigenvalue weighted by molar-refractivity contribution is 0.174. The number of fused-ring (bicyclic) bond motifs is 1. The van der Waals surface area contributed by atoms with Crippen molar-refractivity contribution in [2.45, 2.75) is 20.4 Å². The molecular formula is C16H20N4O2. The van der Waals surface area contributed by atoms with Gasteiger partial charge in [0, 0.05) is 25.7 Å². The zero-order valence-corrected chi connectivity index (χ0v) is 12.9. The van der Waals surface area contributed by atoms with Crippen LogP contribution in [0.5, 0.6) is 11.5 Å². The van der Waals surface area contributed by atoms with Crippen molar-refractivity contribution < 1.29 is 9.47 Å². The van der Waals surface area contributed by atoms with Gasteiger partial charge in [-0.15, -0.1) is 0 Å². The summed E-state index contributed by atoms with van der Waals surface area (Å²) in [5.74, 6) is 3.35. The van der Waals surface area contributed by atoms with E-state index in [0.717, 1.165) is 41.8 Å². The van der Waals surface area contributed by atoms with Crippen LogP contribution in [0.3, 0.4) is 0 Å². The SMILES string of the molecule is CCN(CC)c1cc(NCc2ccc3c(c2)OCO3)ncn1. The van der Waals surface area contributed by atoms with Crippen molar-refractivity contribution in [3.05, 3.63) is 36.2 Å². The summed E-state index contributed by atoms with van der Waals surface area (Å²) < 4.78 is 10.7. The number of anilines is 2. The molecule has 0 aliphatic carbocycles. The molecule has 0 spiro atoms. The second-order valence-electron chi connectivity index (χ2n) is 4.97. The number of ether oxygens (including phenoxy) is 2. The number of aromatic nitrogens is 2. The first-order valence-corrected chi connectivity index (χ1v) is 7.49. The highest BCUT2D eigenvalue weighted by molar-refractivity contribution is 5.49. The van der Waals surface area contributed by atoms with Crippen molar-refractivity contribution in [1.29, 1.82) is 0 Å². The predicted molar refractivity (Wildman–Crippen MR) is 85.5 cm³/mol. The molecule has 0 atom stereocenters. The quantitative estimate of drug-likeness (QED) is 0.885. The average Bonchev–Trinajstić information content (AvgIpc) is 3.02. The Morgan fingerprint density at radius 2 is 1.91 bits per heavy atom. The van der Waals surface area contributed by atoms with Crippen molar-refractivity contribution in [3.63, 3.8) is 0 Å². The van der Waals surface area contributed by atoms with Gasteiger partial charge in [0.15, 0.2) is 11.5 Å².